The first-order valence-corrected chi connectivity index (χ1v) is 7.40. The van der Waals surface area contributed by atoms with Crippen molar-refractivity contribution in [3.63, 3.8) is 0 Å². The van der Waals surface area contributed by atoms with E-state index in [0.717, 1.165) is 11.6 Å². The normalized spacial score (nSPS) is 18.4. The van der Waals surface area contributed by atoms with Crippen LogP contribution in [0.1, 0.15) is 31.1 Å². The Morgan fingerprint density at radius 1 is 1.09 bits per heavy atom. The van der Waals surface area contributed by atoms with Crippen LogP contribution in [0, 0.1) is 13.8 Å². The van der Waals surface area contributed by atoms with Gasteiger partial charge in [0, 0.05) is 30.1 Å². The molecular weight excluding hydrogens is 274 g/mol. The number of benzene rings is 1. The van der Waals surface area contributed by atoms with Gasteiger partial charge < -0.3 is 4.90 Å². The van der Waals surface area contributed by atoms with Crippen molar-refractivity contribution in [1.29, 1.82) is 0 Å². The molecule has 1 aromatic heterocycles. The molecule has 1 aliphatic heterocycles. The zero-order valence-corrected chi connectivity index (χ0v) is 13.7. The maximum absolute atomic E-state index is 4.46. The molecule has 5 nitrogen and oxygen atoms in total. The number of hydrogen-bond acceptors (Lipinski definition) is 4. The third-order valence-corrected chi connectivity index (χ3v) is 4.31. The van der Waals surface area contributed by atoms with E-state index in [9.17, 15) is 0 Å². The summed E-state index contributed by atoms with van der Waals surface area (Å²) in [6.07, 6.45) is 3.89. The topological polar surface area (TPSA) is 46.3 Å². The number of allylic oxidation sites excluding steroid dienone is 2. The minimum atomic E-state index is -0.0331. The van der Waals surface area contributed by atoms with E-state index >= 15 is 0 Å². The number of para-hydroxylation sites is 1. The number of aryl methyl sites for hydroxylation is 2. The molecule has 114 valence electrons. The fraction of sp³-hybridized carbons (Fsp3) is 0.353. The van der Waals surface area contributed by atoms with Gasteiger partial charge in [-0.05, 0) is 31.6 Å². The van der Waals surface area contributed by atoms with Crippen molar-refractivity contribution in [2.24, 2.45) is 5.10 Å². The molecular formula is C17H21N5. The van der Waals surface area contributed by atoms with Gasteiger partial charge in [0.05, 0.1) is 0 Å². The van der Waals surface area contributed by atoms with Crippen LogP contribution in [0.4, 0.5) is 5.69 Å². The largest absolute Gasteiger partial charge is 0.347 e. The zero-order valence-electron chi connectivity index (χ0n) is 13.7. The van der Waals surface area contributed by atoms with Crippen molar-refractivity contribution in [2.45, 2.75) is 33.1 Å². The van der Waals surface area contributed by atoms with Gasteiger partial charge in [0.2, 0.25) is 0 Å². The highest BCUT2D eigenvalue weighted by Gasteiger charge is 2.37. The molecule has 0 fully saturated rings. The van der Waals surface area contributed by atoms with Gasteiger partial charge >= 0.3 is 0 Å². The van der Waals surface area contributed by atoms with Crippen LogP contribution >= 0.6 is 0 Å². The summed E-state index contributed by atoms with van der Waals surface area (Å²) >= 11 is 0. The number of nitrogens with zero attached hydrogens (tertiary/aromatic N) is 5. The third kappa shape index (κ3) is 2.13. The molecule has 0 bridgehead atoms. The lowest BCUT2D eigenvalue weighted by Crippen LogP contribution is -2.23. The first kappa shape index (κ1) is 14.5. The molecule has 5 heteroatoms. The average Bonchev–Trinajstić information content (AvgIpc) is 2.90. The number of anilines is 1. The van der Waals surface area contributed by atoms with E-state index < -0.39 is 0 Å². The molecule has 22 heavy (non-hydrogen) atoms. The molecule has 0 spiro atoms. The molecule has 0 unspecified atom stereocenters. The van der Waals surface area contributed by atoms with E-state index in [-0.39, 0.29) is 5.41 Å². The first-order valence-electron chi connectivity index (χ1n) is 7.40. The van der Waals surface area contributed by atoms with Gasteiger partial charge in [-0.3, -0.25) is 0 Å². The predicted molar refractivity (Wildman–Crippen MR) is 89.3 cm³/mol. The fourth-order valence-corrected chi connectivity index (χ4v) is 3.10. The molecule has 2 aromatic rings. The number of fused-ring (bicyclic) bond motifs is 1. The van der Waals surface area contributed by atoms with E-state index in [1.807, 2.05) is 20.1 Å². The lowest BCUT2D eigenvalue weighted by atomic mass is 9.84. The highest BCUT2D eigenvalue weighted by Crippen LogP contribution is 2.46. The summed E-state index contributed by atoms with van der Waals surface area (Å²) in [4.78, 5) is 2.23. The molecule has 0 radical (unpaired) electrons. The predicted octanol–water partition coefficient (Wildman–Crippen LogP) is 3.04. The lowest BCUT2D eigenvalue weighted by Gasteiger charge is -2.23. The van der Waals surface area contributed by atoms with E-state index in [1.54, 1.807) is 4.68 Å². The van der Waals surface area contributed by atoms with Crippen LogP contribution in [0.15, 0.2) is 41.1 Å². The number of hydrogen-bond donors (Lipinski definition) is 0. The second kappa shape index (κ2) is 5.09. The minimum absolute atomic E-state index is 0.0331. The van der Waals surface area contributed by atoms with Crippen LogP contribution in [-0.2, 0) is 5.41 Å². The van der Waals surface area contributed by atoms with Crippen LogP contribution in [0.5, 0.6) is 0 Å². The molecule has 2 heterocycles. The van der Waals surface area contributed by atoms with Crippen molar-refractivity contribution in [2.75, 3.05) is 11.9 Å². The summed E-state index contributed by atoms with van der Waals surface area (Å²) in [6, 6.07) is 8.52. The van der Waals surface area contributed by atoms with Crippen molar-refractivity contribution in [3.05, 3.63) is 53.3 Å². The smallest absolute Gasteiger partial charge is 0.151 e. The Morgan fingerprint density at radius 3 is 2.36 bits per heavy atom. The molecule has 3 rings (SSSR count). The Balaban J connectivity index is 1.96. The second-order valence-corrected chi connectivity index (χ2v) is 6.12. The van der Waals surface area contributed by atoms with Gasteiger partial charge in [0.1, 0.15) is 0 Å². The van der Waals surface area contributed by atoms with E-state index in [1.165, 1.54) is 16.9 Å². The number of rotatable bonds is 2. The van der Waals surface area contributed by atoms with Gasteiger partial charge in [0.25, 0.3) is 0 Å². The van der Waals surface area contributed by atoms with E-state index in [2.05, 4.69) is 71.4 Å². The molecule has 0 saturated heterocycles. The Kier molecular flexibility index (Phi) is 3.35. The Labute approximate surface area is 131 Å². The van der Waals surface area contributed by atoms with Crippen LogP contribution in [0.3, 0.4) is 0 Å². The number of likely N-dealkylation sites (N-methyl/N-ethyl adjacent to an activating group) is 1. The van der Waals surface area contributed by atoms with Crippen molar-refractivity contribution >= 4 is 11.9 Å². The Bertz CT molecular complexity index is 748. The average molecular weight is 295 g/mol. The summed E-state index contributed by atoms with van der Waals surface area (Å²) in [5, 5.41) is 12.5. The maximum atomic E-state index is 4.46. The number of aromatic nitrogens is 3. The molecule has 1 aliphatic rings. The minimum Gasteiger partial charge on any atom is -0.347 e. The van der Waals surface area contributed by atoms with E-state index in [0.29, 0.717) is 0 Å². The van der Waals surface area contributed by atoms with Crippen LogP contribution in [-0.4, -0.2) is 28.1 Å². The van der Waals surface area contributed by atoms with Crippen LogP contribution in [0.25, 0.3) is 0 Å². The molecule has 1 aromatic carbocycles. The highest BCUT2D eigenvalue weighted by molar-refractivity contribution is 5.79. The summed E-state index contributed by atoms with van der Waals surface area (Å²) in [6.45, 7) is 8.27. The summed E-state index contributed by atoms with van der Waals surface area (Å²) in [5.41, 5.74) is 3.78. The van der Waals surface area contributed by atoms with Crippen LogP contribution in [0.2, 0.25) is 0 Å². The lowest BCUT2D eigenvalue weighted by molar-refractivity contribution is 0.641. The molecule has 0 saturated carbocycles. The fourth-order valence-electron chi connectivity index (χ4n) is 3.10. The monoisotopic (exact) mass is 295 g/mol. The van der Waals surface area contributed by atoms with Crippen molar-refractivity contribution in [3.8, 4) is 0 Å². The van der Waals surface area contributed by atoms with Gasteiger partial charge in [-0.25, -0.2) is 4.68 Å². The third-order valence-electron chi connectivity index (χ3n) is 4.31. The Hall–Kier alpha value is -2.43. The maximum Gasteiger partial charge on any atom is 0.151 e. The quantitative estimate of drug-likeness (QED) is 0.800. The van der Waals surface area contributed by atoms with Crippen LogP contribution < -0.4 is 4.90 Å². The highest BCUT2D eigenvalue weighted by atomic mass is 15.4. The van der Waals surface area contributed by atoms with Gasteiger partial charge in [-0.1, -0.05) is 32.0 Å². The molecule has 0 amide bonds. The SMILES string of the molecule is Cc1nnc(C)n1/N=C\C=C1/N(C)c2ccccc2C1(C)C. The summed E-state index contributed by atoms with van der Waals surface area (Å²) in [5.74, 6) is 1.57. The summed E-state index contributed by atoms with van der Waals surface area (Å²) in [7, 11) is 2.10. The first-order chi connectivity index (χ1) is 10.4. The molecule has 0 N–H and O–H groups in total. The Morgan fingerprint density at radius 2 is 1.73 bits per heavy atom. The van der Waals surface area contributed by atoms with Crippen molar-refractivity contribution in [1.82, 2.24) is 14.9 Å². The van der Waals surface area contributed by atoms with Gasteiger partial charge in [-0.2, -0.15) is 5.10 Å². The van der Waals surface area contributed by atoms with Crippen molar-refractivity contribution < 1.29 is 0 Å². The van der Waals surface area contributed by atoms with Gasteiger partial charge in [0.15, 0.2) is 11.6 Å². The molecule has 0 atom stereocenters. The summed E-state index contributed by atoms with van der Waals surface area (Å²) < 4.78 is 1.74. The molecule has 0 aliphatic carbocycles. The van der Waals surface area contributed by atoms with E-state index in [4.69, 9.17) is 0 Å². The second-order valence-electron chi connectivity index (χ2n) is 6.12. The zero-order chi connectivity index (χ0) is 15.9. The van der Waals surface area contributed by atoms with Gasteiger partial charge in [-0.15, -0.1) is 10.2 Å². The standard InChI is InChI=1S/C17H21N5/c1-12-19-20-13(2)22(12)18-11-10-16-17(3,4)14-8-6-7-9-15(14)21(16)5/h6-11H,1-5H3/b16-10-,18-11-.